The van der Waals surface area contributed by atoms with Gasteiger partial charge in [0.25, 0.3) is 0 Å². The van der Waals surface area contributed by atoms with Crippen molar-refractivity contribution in [3.63, 3.8) is 0 Å². The van der Waals surface area contributed by atoms with E-state index in [-0.39, 0.29) is 18.9 Å². The van der Waals surface area contributed by atoms with Gasteiger partial charge in [-0.25, -0.2) is 0 Å². The molecule has 34 valence electrons. The molecular formula is C2H3LiN2S2. The van der Waals surface area contributed by atoms with Crippen molar-refractivity contribution >= 4 is 44.1 Å². The molecule has 0 N–H and O–H groups in total. The van der Waals surface area contributed by atoms with Crippen molar-refractivity contribution in [3.05, 3.63) is 0 Å². The van der Waals surface area contributed by atoms with E-state index in [1.165, 1.54) is 10.8 Å². The predicted molar refractivity (Wildman–Crippen MR) is 36.3 cm³/mol. The van der Waals surface area contributed by atoms with Gasteiger partial charge in [-0.3, -0.25) is 0 Å². The summed E-state index contributed by atoms with van der Waals surface area (Å²) >= 11 is 6.19. The van der Waals surface area contributed by atoms with Crippen LogP contribution in [0.4, 0.5) is 0 Å². The van der Waals surface area contributed by atoms with Crippen molar-refractivity contribution in [2.45, 2.75) is 0 Å². The van der Waals surface area contributed by atoms with E-state index in [1.54, 1.807) is 0 Å². The summed E-state index contributed by atoms with van der Waals surface area (Å²) in [6.45, 7) is 0. The molecule has 0 unspecified atom stereocenters. The van der Waals surface area contributed by atoms with Gasteiger partial charge in [0.1, 0.15) is 10.8 Å². The third-order valence-electron chi connectivity index (χ3n) is 0. The third-order valence-corrected chi connectivity index (χ3v) is 0. The molecular weight excluding hydrogens is 123 g/mol. The van der Waals surface area contributed by atoms with E-state index < -0.39 is 0 Å². The van der Waals surface area contributed by atoms with Crippen LogP contribution in [0.25, 0.3) is 0 Å². The molecule has 0 heterocycles. The zero-order valence-electron chi connectivity index (χ0n) is 2.79. The molecule has 0 fully saturated rings. The van der Waals surface area contributed by atoms with Gasteiger partial charge in [0.2, 0.25) is 0 Å². The maximum absolute atomic E-state index is 7.18. The van der Waals surface area contributed by atoms with Gasteiger partial charge in [-0.05, 0) is 0 Å². The average Bonchev–Trinajstić information content (AvgIpc) is 1.39. The van der Waals surface area contributed by atoms with Crippen LogP contribution < -0.4 is 0 Å². The quantitative estimate of drug-likeness (QED) is 0.275. The fraction of sp³-hybridized carbons (Fsp3) is 0. The second-order valence-electron chi connectivity index (χ2n) is 0.200. The Bertz CT molecular complexity index is 68.7. The second-order valence-corrected chi connectivity index (χ2v) is 0.600. The predicted octanol–water partition coefficient (Wildman–Crippen LogP) is 0.146. The van der Waals surface area contributed by atoms with Crippen LogP contribution in [0.15, 0.2) is 0 Å². The first kappa shape index (κ1) is 15.7. The molecule has 0 saturated carbocycles. The van der Waals surface area contributed by atoms with E-state index in [2.05, 4.69) is 25.3 Å². The van der Waals surface area contributed by atoms with Crippen LogP contribution in [0.2, 0.25) is 0 Å². The molecule has 5 heteroatoms. The van der Waals surface area contributed by atoms with Crippen LogP contribution >= 0.6 is 25.3 Å². The van der Waals surface area contributed by atoms with Gasteiger partial charge < -0.3 is 0 Å². The Labute approximate surface area is 65.5 Å². The first-order valence-corrected chi connectivity index (χ1v) is 1.79. The summed E-state index contributed by atoms with van der Waals surface area (Å²) in [5, 5.41) is 17.3. The van der Waals surface area contributed by atoms with Crippen molar-refractivity contribution in [1.82, 2.24) is 0 Å². The monoisotopic (exact) mass is 126 g/mol. The molecule has 0 aliphatic carbocycles. The molecule has 7 heavy (non-hydrogen) atoms. The Balaban J connectivity index is -0.0000000400. The third kappa shape index (κ3) is 1490. The van der Waals surface area contributed by atoms with Gasteiger partial charge in [0.15, 0.2) is 0 Å². The van der Waals surface area contributed by atoms with Gasteiger partial charge in [-0.15, -0.1) is 0 Å². The number of rotatable bonds is 0. The molecule has 0 aromatic heterocycles. The molecule has 0 saturated heterocycles. The molecule has 2 nitrogen and oxygen atoms in total. The van der Waals surface area contributed by atoms with E-state index in [4.69, 9.17) is 10.5 Å². The zero-order valence-corrected chi connectivity index (χ0v) is 4.58. The van der Waals surface area contributed by atoms with Crippen LogP contribution in [-0.2, 0) is 0 Å². The SMILES string of the molecule is N#CS.N#CS.[LiH]. The summed E-state index contributed by atoms with van der Waals surface area (Å²) < 4.78 is 0. The maximum atomic E-state index is 7.18. The van der Waals surface area contributed by atoms with E-state index in [0.29, 0.717) is 0 Å². The van der Waals surface area contributed by atoms with Gasteiger partial charge in [-0.1, -0.05) is 25.3 Å². The Morgan fingerprint density at radius 2 is 1.00 bits per heavy atom. The van der Waals surface area contributed by atoms with Crippen molar-refractivity contribution < 1.29 is 0 Å². The first-order chi connectivity index (χ1) is 2.83. The van der Waals surface area contributed by atoms with Gasteiger partial charge >= 0.3 is 18.9 Å². The number of hydrogen-bond acceptors (Lipinski definition) is 4. The van der Waals surface area contributed by atoms with Crippen molar-refractivity contribution in [3.8, 4) is 10.8 Å². The first-order valence-electron chi connectivity index (χ1n) is 0.894. The van der Waals surface area contributed by atoms with Crippen LogP contribution in [0.1, 0.15) is 0 Å². The molecule has 0 aliphatic heterocycles. The molecule has 0 aromatic carbocycles. The van der Waals surface area contributed by atoms with Gasteiger partial charge in [-0.2, -0.15) is 10.5 Å². The van der Waals surface area contributed by atoms with E-state index in [0.717, 1.165) is 0 Å². The summed E-state index contributed by atoms with van der Waals surface area (Å²) in [5.41, 5.74) is 0. The summed E-state index contributed by atoms with van der Waals surface area (Å²) in [6, 6.07) is 0. The summed E-state index contributed by atoms with van der Waals surface area (Å²) in [7, 11) is 0. The number of nitriles is 2. The van der Waals surface area contributed by atoms with Crippen molar-refractivity contribution in [2.24, 2.45) is 0 Å². The molecule has 0 aliphatic rings. The molecule has 0 atom stereocenters. The molecule has 0 spiro atoms. The summed E-state index contributed by atoms with van der Waals surface area (Å²) in [5.74, 6) is 0. The standard InChI is InChI=1S/2CHNS.Li.H/c2*2-1-3;;/h2*3H;;. The Kier molecular flexibility index (Phi) is 75.5. The summed E-state index contributed by atoms with van der Waals surface area (Å²) in [4.78, 5) is 0. The summed E-state index contributed by atoms with van der Waals surface area (Å²) in [6.07, 6.45) is 0. The fourth-order valence-electron chi connectivity index (χ4n) is 0. The molecule has 0 rings (SSSR count). The number of thiocyanates is 2. The number of hydrogen-bond donors (Lipinski definition) is 2. The molecule has 0 bridgehead atoms. The minimum absolute atomic E-state index is 0. The van der Waals surface area contributed by atoms with Crippen molar-refractivity contribution in [1.29, 1.82) is 10.5 Å². The Morgan fingerprint density at radius 3 is 1.00 bits per heavy atom. The van der Waals surface area contributed by atoms with E-state index in [9.17, 15) is 0 Å². The van der Waals surface area contributed by atoms with Gasteiger partial charge in [0, 0.05) is 0 Å². The molecule has 0 aromatic rings. The molecule has 0 radical (unpaired) electrons. The number of thiol groups is 2. The van der Waals surface area contributed by atoms with Crippen LogP contribution in [0.5, 0.6) is 0 Å². The van der Waals surface area contributed by atoms with Gasteiger partial charge in [0.05, 0.1) is 0 Å². The second kappa shape index (κ2) is 33.7. The normalized spacial score (nSPS) is 2.29. The molecule has 0 amide bonds. The van der Waals surface area contributed by atoms with Crippen LogP contribution in [0.3, 0.4) is 0 Å². The van der Waals surface area contributed by atoms with Crippen LogP contribution in [0, 0.1) is 21.3 Å². The van der Waals surface area contributed by atoms with Crippen LogP contribution in [-0.4, -0.2) is 18.9 Å². The minimum atomic E-state index is 0. The Morgan fingerprint density at radius 1 is 1.00 bits per heavy atom. The van der Waals surface area contributed by atoms with E-state index >= 15 is 0 Å². The topological polar surface area (TPSA) is 47.6 Å². The Hall–Kier alpha value is 0.277. The average molecular weight is 126 g/mol. The number of nitrogens with zero attached hydrogens (tertiary/aromatic N) is 2. The van der Waals surface area contributed by atoms with E-state index in [1.807, 2.05) is 0 Å². The van der Waals surface area contributed by atoms with Crippen molar-refractivity contribution in [2.75, 3.05) is 0 Å². The fourth-order valence-corrected chi connectivity index (χ4v) is 0. The zero-order chi connectivity index (χ0) is 5.41.